The van der Waals surface area contributed by atoms with Gasteiger partial charge in [0.1, 0.15) is 11.9 Å². The molecule has 90 valence electrons. The number of nitrogens with zero attached hydrogens (tertiary/aromatic N) is 4. The molecule has 2 rings (SSSR count). The van der Waals surface area contributed by atoms with E-state index >= 15 is 0 Å². The summed E-state index contributed by atoms with van der Waals surface area (Å²) in [5, 5.41) is 8.75. The zero-order valence-electron chi connectivity index (χ0n) is 10.2. The molecule has 0 atom stereocenters. The maximum absolute atomic E-state index is 8.75. The number of anilines is 1. The van der Waals surface area contributed by atoms with Gasteiger partial charge >= 0.3 is 0 Å². The van der Waals surface area contributed by atoms with Gasteiger partial charge in [-0.3, -0.25) is 4.98 Å². The highest BCUT2D eigenvalue weighted by atomic mass is 15.2. The molecule has 2 aromatic rings. The third-order valence-corrected chi connectivity index (χ3v) is 2.66. The van der Waals surface area contributed by atoms with Crippen LogP contribution >= 0.6 is 0 Å². The van der Waals surface area contributed by atoms with Crippen molar-refractivity contribution in [1.29, 1.82) is 5.26 Å². The summed E-state index contributed by atoms with van der Waals surface area (Å²) in [5.41, 5.74) is 1.58. The summed E-state index contributed by atoms with van der Waals surface area (Å²) in [6, 6.07) is 11.6. The fourth-order valence-electron chi connectivity index (χ4n) is 1.68. The van der Waals surface area contributed by atoms with Crippen molar-refractivity contribution in [1.82, 2.24) is 9.97 Å². The Morgan fingerprint density at radius 2 is 2.11 bits per heavy atom. The number of nitriles is 1. The summed E-state index contributed by atoms with van der Waals surface area (Å²) >= 11 is 0. The van der Waals surface area contributed by atoms with Crippen LogP contribution in [0.4, 0.5) is 5.82 Å². The minimum atomic E-state index is 0.577. The Morgan fingerprint density at radius 3 is 2.67 bits per heavy atom. The molecule has 0 aliphatic carbocycles. The first kappa shape index (κ1) is 12.1. The van der Waals surface area contributed by atoms with Gasteiger partial charge in [-0.1, -0.05) is 6.07 Å². The molecule has 0 fully saturated rings. The first-order chi connectivity index (χ1) is 8.83. The van der Waals surface area contributed by atoms with Crippen LogP contribution in [-0.4, -0.2) is 16.5 Å². The quantitative estimate of drug-likeness (QED) is 0.820. The van der Waals surface area contributed by atoms with Crippen LogP contribution in [0.1, 0.15) is 18.2 Å². The Morgan fingerprint density at radius 1 is 1.22 bits per heavy atom. The van der Waals surface area contributed by atoms with Crippen molar-refractivity contribution >= 4 is 5.82 Å². The molecule has 0 radical (unpaired) electrons. The van der Waals surface area contributed by atoms with Crippen LogP contribution in [0, 0.1) is 11.3 Å². The van der Waals surface area contributed by atoms with Gasteiger partial charge in [0.25, 0.3) is 0 Å². The third kappa shape index (κ3) is 2.83. The van der Waals surface area contributed by atoms with Gasteiger partial charge in [-0.2, -0.15) is 5.26 Å². The number of hydrogen-bond donors (Lipinski definition) is 0. The largest absolute Gasteiger partial charge is 0.351 e. The van der Waals surface area contributed by atoms with Gasteiger partial charge in [0.05, 0.1) is 17.8 Å². The van der Waals surface area contributed by atoms with E-state index in [-0.39, 0.29) is 0 Å². The van der Waals surface area contributed by atoms with E-state index < -0.39 is 0 Å². The summed E-state index contributed by atoms with van der Waals surface area (Å²) in [7, 11) is 0. The van der Waals surface area contributed by atoms with E-state index in [9.17, 15) is 0 Å². The molecule has 4 nitrogen and oxygen atoms in total. The molecule has 0 unspecified atom stereocenters. The fraction of sp³-hybridized carbons (Fsp3) is 0.214. The number of pyridine rings is 2. The van der Waals surface area contributed by atoms with E-state index in [0.29, 0.717) is 5.56 Å². The van der Waals surface area contributed by atoms with Crippen molar-refractivity contribution < 1.29 is 0 Å². The second-order valence-electron chi connectivity index (χ2n) is 3.85. The Kier molecular flexibility index (Phi) is 3.87. The predicted octanol–water partition coefficient (Wildman–Crippen LogP) is 2.37. The molecule has 2 heterocycles. The molecule has 2 aromatic heterocycles. The molecule has 0 saturated heterocycles. The molecule has 0 N–H and O–H groups in total. The molecular weight excluding hydrogens is 224 g/mol. The van der Waals surface area contributed by atoms with Crippen LogP contribution in [0.2, 0.25) is 0 Å². The lowest BCUT2D eigenvalue weighted by molar-refractivity contribution is 0.794. The molecule has 0 amide bonds. The van der Waals surface area contributed by atoms with Crippen LogP contribution in [-0.2, 0) is 6.54 Å². The SMILES string of the molecule is CCN(Cc1ccccn1)c1ccc(C#N)cn1. The fourth-order valence-corrected chi connectivity index (χ4v) is 1.68. The van der Waals surface area contributed by atoms with Gasteiger partial charge in [-0.05, 0) is 31.2 Å². The minimum absolute atomic E-state index is 0.577. The van der Waals surface area contributed by atoms with E-state index in [1.807, 2.05) is 24.3 Å². The molecule has 18 heavy (non-hydrogen) atoms. The van der Waals surface area contributed by atoms with E-state index in [1.165, 1.54) is 0 Å². The Labute approximate surface area is 107 Å². The minimum Gasteiger partial charge on any atom is -0.351 e. The standard InChI is InChI=1S/C14H14N4/c1-2-18(11-13-5-3-4-8-16-13)14-7-6-12(9-15)10-17-14/h3-8,10H,2,11H2,1H3. The number of hydrogen-bond acceptors (Lipinski definition) is 4. The molecule has 0 aliphatic rings. The van der Waals surface area contributed by atoms with E-state index in [4.69, 9.17) is 5.26 Å². The molecule has 0 aromatic carbocycles. The van der Waals surface area contributed by atoms with Crippen molar-refractivity contribution in [2.75, 3.05) is 11.4 Å². The van der Waals surface area contributed by atoms with Gasteiger partial charge in [0.2, 0.25) is 0 Å². The van der Waals surface area contributed by atoms with Crippen molar-refractivity contribution in [3.63, 3.8) is 0 Å². The highest BCUT2D eigenvalue weighted by Gasteiger charge is 2.07. The van der Waals surface area contributed by atoms with Crippen molar-refractivity contribution in [3.8, 4) is 6.07 Å². The van der Waals surface area contributed by atoms with Crippen molar-refractivity contribution in [3.05, 3.63) is 54.0 Å². The molecule has 0 aliphatic heterocycles. The van der Waals surface area contributed by atoms with Crippen molar-refractivity contribution in [2.24, 2.45) is 0 Å². The Balaban J connectivity index is 2.15. The lowest BCUT2D eigenvalue weighted by Crippen LogP contribution is -2.23. The van der Waals surface area contributed by atoms with Crippen LogP contribution in [0.15, 0.2) is 42.7 Å². The summed E-state index contributed by atoms with van der Waals surface area (Å²) in [6.07, 6.45) is 3.38. The first-order valence-corrected chi connectivity index (χ1v) is 5.84. The number of aromatic nitrogens is 2. The zero-order valence-corrected chi connectivity index (χ0v) is 10.2. The molecular formula is C14H14N4. The number of rotatable bonds is 4. The topological polar surface area (TPSA) is 52.8 Å². The summed E-state index contributed by atoms with van der Waals surface area (Å²) in [6.45, 7) is 3.63. The Hall–Kier alpha value is -2.41. The highest BCUT2D eigenvalue weighted by Crippen LogP contribution is 2.13. The summed E-state index contributed by atoms with van der Waals surface area (Å²) in [4.78, 5) is 10.7. The van der Waals surface area contributed by atoms with Gasteiger partial charge in [0.15, 0.2) is 0 Å². The molecule has 0 spiro atoms. The molecule has 0 bridgehead atoms. The predicted molar refractivity (Wildman–Crippen MR) is 69.9 cm³/mol. The maximum Gasteiger partial charge on any atom is 0.128 e. The van der Waals surface area contributed by atoms with Crippen molar-refractivity contribution in [2.45, 2.75) is 13.5 Å². The lowest BCUT2D eigenvalue weighted by atomic mass is 10.3. The Bertz CT molecular complexity index is 528. The lowest BCUT2D eigenvalue weighted by Gasteiger charge is -2.21. The normalized spacial score (nSPS) is 9.78. The smallest absolute Gasteiger partial charge is 0.128 e. The second-order valence-corrected chi connectivity index (χ2v) is 3.85. The van der Waals surface area contributed by atoms with E-state index in [1.54, 1.807) is 18.5 Å². The van der Waals surface area contributed by atoms with Crippen LogP contribution < -0.4 is 4.90 Å². The first-order valence-electron chi connectivity index (χ1n) is 5.84. The van der Waals surface area contributed by atoms with E-state index in [2.05, 4.69) is 27.9 Å². The average Bonchev–Trinajstić information content (AvgIpc) is 2.46. The summed E-state index contributed by atoms with van der Waals surface area (Å²) < 4.78 is 0. The monoisotopic (exact) mass is 238 g/mol. The van der Waals surface area contributed by atoms with Crippen LogP contribution in [0.25, 0.3) is 0 Å². The van der Waals surface area contributed by atoms with E-state index in [0.717, 1.165) is 24.6 Å². The van der Waals surface area contributed by atoms with Crippen LogP contribution in [0.3, 0.4) is 0 Å². The van der Waals surface area contributed by atoms with Gasteiger partial charge < -0.3 is 4.90 Å². The van der Waals surface area contributed by atoms with Gasteiger partial charge in [-0.25, -0.2) is 4.98 Å². The van der Waals surface area contributed by atoms with Crippen LogP contribution in [0.5, 0.6) is 0 Å². The van der Waals surface area contributed by atoms with Gasteiger partial charge in [0, 0.05) is 18.9 Å². The average molecular weight is 238 g/mol. The van der Waals surface area contributed by atoms with Gasteiger partial charge in [-0.15, -0.1) is 0 Å². The molecule has 0 saturated carbocycles. The highest BCUT2D eigenvalue weighted by molar-refractivity contribution is 5.42. The second kappa shape index (κ2) is 5.78. The summed E-state index contributed by atoms with van der Waals surface area (Å²) in [5.74, 6) is 0.863. The molecule has 4 heteroatoms. The zero-order chi connectivity index (χ0) is 12.8. The third-order valence-electron chi connectivity index (χ3n) is 2.66. The maximum atomic E-state index is 8.75.